The molecule has 0 saturated carbocycles. The molecule has 0 radical (unpaired) electrons. The maximum atomic E-state index is 3.65. The Hall–Kier alpha value is -1.16. The van der Waals surface area contributed by atoms with E-state index in [-0.39, 0.29) is 6.04 Å². The second kappa shape index (κ2) is 5.45. The van der Waals surface area contributed by atoms with Crippen LogP contribution in [0.2, 0.25) is 0 Å². The molecule has 1 aromatic heterocycles. The highest BCUT2D eigenvalue weighted by Gasteiger charge is 2.17. The molecule has 1 atom stereocenters. The summed E-state index contributed by atoms with van der Waals surface area (Å²) in [5.74, 6) is 0. The second-order valence-corrected chi connectivity index (χ2v) is 6.20. The van der Waals surface area contributed by atoms with Gasteiger partial charge in [-0.15, -0.1) is 11.3 Å². The highest BCUT2D eigenvalue weighted by molar-refractivity contribution is 9.10. The van der Waals surface area contributed by atoms with Crippen molar-refractivity contribution in [2.75, 3.05) is 7.05 Å². The van der Waals surface area contributed by atoms with E-state index in [4.69, 9.17) is 0 Å². The van der Waals surface area contributed by atoms with Gasteiger partial charge in [0.2, 0.25) is 0 Å². The van der Waals surface area contributed by atoms with Crippen LogP contribution in [0.5, 0.6) is 0 Å². The summed E-state index contributed by atoms with van der Waals surface area (Å²) in [6.07, 6.45) is 0. The van der Waals surface area contributed by atoms with Crippen LogP contribution in [0, 0.1) is 0 Å². The molecule has 1 N–H and O–H groups in total. The fourth-order valence-electron chi connectivity index (χ4n) is 2.41. The molecule has 0 bridgehead atoms. The Morgan fingerprint density at radius 3 is 2.53 bits per heavy atom. The predicted octanol–water partition coefficient (Wildman–Crippen LogP) is 4.97. The van der Waals surface area contributed by atoms with Crippen molar-refractivity contribution in [1.29, 1.82) is 0 Å². The topological polar surface area (TPSA) is 12.0 Å². The molecule has 0 saturated heterocycles. The lowest BCUT2D eigenvalue weighted by atomic mass is 9.98. The van der Waals surface area contributed by atoms with Crippen molar-refractivity contribution in [2.24, 2.45) is 0 Å². The van der Waals surface area contributed by atoms with Gasteiger partial charge in [-0.2, -0.15) is 0 Å². The maximum absolute atomic E-state index is 3.65. The van der Waals surface area contributed by atoms with Gasteiger partial charge in [0, 0.05) is 9.17 Å². The first-order valence-electron chi connectivity index (χ1n) is 6.19. The molecule has 1 unspecified atom stereocenters. The van der Waals surface area contributed by atoms with Crippen LogP contribution >= 0.6 is 27.3 Å². The molecule has 0 amide bonds. The molecule has 1 nitrogen and oxygen atoms in total. The Kier molecular flexibility index (Phi) is 3.69. The van der Waals surface area contributed by atoms with Crippen molar-refractivity contribution in [3.63, 3.8) is 0 Å². The van der Waals surface area contributed by atoms with Crippen LogP contribution in [-0.2, 0) is 0 Å². The van der Waals surface area contributed by atoms with Crippen molar-refractivity contribution in [2.45, 2.75) is 6.04 Å². The molecular weight excluding hydrogens is 318 g/mol. The molecule has 3 aromatic rings. The highest BCUT2D eigenvalue weighted by Crippen LogP contribution is 2.35. The van der Waals surface area contributed by atoms with E-state index >= 15 is 0 Å². The van der Waals surface area contributed by atoms with Crippen molar-refractivity contribution in [3.05, 3.63) is 69.5 Å². The average molecular weight is 332 g/mol. The molecule has 3 heteroatoms. The van der Waals surface area contributed by atoms with Crippen LogP contribution in [0.25, 0.3) is 10.1 Å². The third-order valence-corrected chi connectivity index (χ3v) is 5.03. The zero-order valence-electron chi connectivity index (χ0n) is 10.6. The van der Waals surface area contributed by atoms with E-state index in [0.717, 1.165) is 4.47 Å². The van der Waals surface area contributed by atoms with Gasteiger partial charge in [0.15, 0.2) is 0 Å². The molecule has 19 heavy (non-hydrogen) atoms. The van der Waals surface area contributed by atoms with Crippen LogP contribution in [0.3, 0.4) is 0 Å². The maximum Gasteiger partial charge on any atom is 0.0599 e. The van der Waals surface area contributed by atoms with E-state index in [1.165, 1.54) is 21.2 Å². The van der Waals surface area contributed by atoms with Crippen LogP contribution < -0.4 is 5.32 Å². The number of hydrogen-bond donors (Lipinski definition) is 1. The van der Waals surface area contributed by atoms with E-state index in [1.807, 2.05) is 13.1 Å². The molecule has 96 valence electrons. The summed E-state index contributed by atoms with van der Waals surface area (Å²) in [6, 6.07) is 17.2. The van der Waals surface area contributed by atoms with Gasteiger partial charge >= 0.3 is 0 Å². The Morgan fingerprint density at radius 2 is 1.74 bits per heavy atom. The Labute approximate surface area is 125 Å². The molecule has 3 rings (SSSR count). The lowest BCUT2D eigenvalue weighted by molar-refractivity contribution is 0.696. The first-order valence-corrected chi connectivity index (χ1v) is 7.86. The SMILES string of the molecule is CNC(c1ccccc1Br)c1csc2ccccc12. The minimum absolute atomic E-state index is 0.215. The number of fused-ring (bicyclic) bond motifs is 1. The number of benzene rings is 2. The van der Waals surface area contributed by atoms with Gasteiger partial charge in [-0.1, -0.05) is 52.3 Å². The summed E-state index contributed by atoms with van der Waals surface area (Å²) in [7, 11) is 2.01. The van der Waals surface area contributed by atoms with Crippen LogP contribution in [0.15, 0.2) is 58.4 Å². The molecule has 0 aliphatic heterocycles. The summed E-state index contributed by atoms with van der Waals surface area (Å²) in [5, 5.41) is 7.02. The molecule has 0 fully saturated rings. The van der Waals surface area contributed by atoms with Crippen molar-refractivity contribution < 1.29 is 0 Å². The highest BCUT2D eigenvalue weighted by atomic mass is 79.9. The van der Waals surface area contributed by atoms with Crippen LogP contribution in [0.1, 0.15) is 17.2 Å². The Morgan fingerprint density at radius 1 is 1.00 bits per heavy atom. The monoisotopic (exact) mass is 331 g/mol. The third-order valence-electron chi connectivity index (χ3n) is 3.33. The number of hydrogen-bond acceptors (Lipinski definition) is 2. The summed E-state index contributed by atoms with van der Waals surface area (Å²) >= 11 is 5.45. The van der Waals surface area contributed by atoms with Crippen LogP contribution in [-0.4, -0.2) is 7.05 Å². The summed E-state index contributed by atoms with van der Waals surface area (Å²) in [4.78, 5) is 0. The average Bonchev–Trinajstić information content (AvgIpc) is 2.86. The predicted molar refractivity (Wildman–Crippen MR) is 86.9 cm³/mol. The molecular formula is C16H14BrNS. The molecule has 0 aliphatic rings. The number of thiophene rings is 1. The molecule has 1 heterocycles. The van der Waals surface area contributed by atoms with E-state index < -0.39 is 0 Å². The third kappa shape index (κ3) is 2.34. The van der Waals surface area contributed by atoms with Gasteiger partial charge in [-0.25, -0.2) is 0 Å². The first kappa shape index (κ1) is 12.9. The summed E-state index contributed by atoms with van der Waals surface area (Å²) in [5.41, 5.74) is 2.61. The molecule has 0 spiro atoms. The zero-order chi connectivity index (χ0) is 13.2. The van der Waals surface area contributed by atoms with Crippen LogP contribution in [0.4, 0.5) is 0 Å². The van der Waals surface area contributed by atoms with Gasteiger partial charge < -0.3 is 5.32 Å². The van der Waals surface area contributed by atoms with Crippen molar-refractivity contribution >= 4 is 37.4 Å². The van der Waals surface area contributed by atoms with Crippen molar-refractivity contribution in [1.82, 2.24) is 5.32 Å². The van der Waals surface area contributed by atoms with E-state index in [2.05, 4.69) is 69.1 Å². The van der Waals surface area contributed by atoms with Gasteiger partial charge in [0.25, 0.3) is 0 Å². The van der Waals surface area contributed by atoms with Gasteiger partial charge in [0.1, 0.15) is 0 Å². The normalized spacial score (nSPS) is 12.7. The van der Waals surface area contributed by atoms with E-state index in [0.29, 0.717) is 0 Å². The summed E-state index contributed by atoms with van der Waals surface area (Å²) in [6.45, 7) is 0. The smallest absolute Gasteiger partial charge is 0.0599 e. The molecule has 0 aliphatic carbocycles. The second-order valence-electron chi connectivity index (χ2n) is 4.43. The Balaban J connectivity index is 2.15. The lowest BCUT2D eigenvalue weighted by Gasteiger charge is -2.18. The van der Waals surface area contributed by atoms with E-state index in [1.54, 1.807) is 11.3 Å². The quantitative estimate of drug-likeness (QED) is 0.714. The number of rotatable bonds is 3. The minimum Gasteiger partial charge on any atom is -0.309 e. The van der Waals surface area contributed by atoms with E-state index in [9.17, 15) is 0 Å². The molecule has 2 aromatic carbocycles. The van der Waals surface area contributed by atoms with Gasteiger partial charge in [0.05, 0.1) is 6.04 Å². The van der Waals surface area contributed by atoms with Crippen molar-refractivity contribution in [3.8, 4) is 0 Å². The first-order chi connectivity index (χ1) is 9.31. The van der Waals surface area contributed by atoms with Gasteiger partial charge in [-0.3, -0.25) is 0 Å². The summed E-state index contributed by atoms with van der Waals surface area (Å²) < 4.78 is 2.48. The lowest BCUT2D eigenvalue weighted by Crippen LogP contribution is -2.17. The fraction of sp³-hybridized carbons (Fsp3) is 0.125. The standard InChI is InChI=1S/C16H14BrNS/c1-18-16(12-7-2-4-8-14(12)17)13-10-19-15-9-5-3-6-11(13)15/h2-10,16,18H,1H3. The zero-order valence-corrected chi connectivity index (χ0v) is 13.0. The fourth-order valence-corrected chi connectivity index (χ4v) is 3.91. The number of halogens is 1. The minimum atomic E-state index is 0.215. The van der Waals surface area contributed by atoms with Gasteiger partial charge in [-0.05, 0) is 41.1 Å². The number of nitrogens with one attached hydrogen (secondary N) is 1. The largest absolute Gasteiger partial charge is 0.309 e. The Bertz CT molecular complexity index is 705.